The van der Waals surface area contributed by atoms with Crippen molar-refractivity contribution in [2.24, 2.45) is 0 Å². The number of ether oxygens (including phenoxy) is 1. The van der Waals surface area contributed by atoms with Gasteiger partial charge in [0.1, 0.15) is 11.9 Å². The molecule has 1 aromatic carbocycles. The van der Waals surface area contributed by atoms with Gasteiger partial charge in [-0.25, -0.2) is 4.79 Å². The van der Waals surface area contributed by atoms with Crippen molar-refractivity contribution in [1.82, 2.24) is 10.6 Å². The lowest BCUT2D eigenvalue weighted by molar-refractivity contribution is -0.137. The van der Waals surface area contributed by atoms with Crippen LogP contribution in [0.5, 0.6) is 5.75 Å². The van der Waals surface area contributed by atoms with Crippen LogP contribution >= 0.6 is 11.6 Å². The third-order valence-corrected chi connectivity index (χ3v) is 2.81. The van der Waals surface area contributed by atoms with Gasteiger partial charge >= 0.3 is 12.0 Å². The van der Waals surface area contributed by atoms with Crippen molar-refractivity contribution in [2.75, 3.05) is 13.1 Å². The second-order valence-electron chi connectivity index (χ2n) is 4.52. The van der Waals surface area contributed by atoms with Crippen molar-refractivity contribution in [3.63, 3.8) is 0 Å². The molecule has 0 spiro atoms. The summed E-state index contributed by atoms with van der Waals surface area (Å²) in [7, 11) is 0. The maximum atomic E-state index is 11.4. The predicted molar refractivity (Wildman–Crippen MR) is 79.8 cm³/mol. The largest absolute Gasteiger partial charge is 0.489 e. The summed E-state index contributed by atoms with van der Waals surface area (Å²) in [4.78, 5) is 21.7. The molecule has 6 nitrogen and oxygen atoms in total. The Hall–Kier alpha value is -1.95. The zero-order valence-electron chi connectivity index (χ0n) is 11.8. The lowest BCUT2D eigenvalue weighted by atomic mass is 10.3. The van der Waals surface area contributed by atoms with E-state index in [0.717, 1.165) is 0 Å². The highest BCUT2D eigenvalue weighted by atomic mass is 35.5. The molecule has 0 unspecified atom stereocenters. The van der Waals surface area contributed by atoms with Gasteiger partial charge in [-0.05, 0) is 37.6 Å². The van der Waals surface area contributed by atoms with Crippen LogP contribution in [0, 0.1) is 0 Å². The van der Waals surface area contributed by atoms with Crippen LogP contribution in [0.2, 0.25) is 5.02 Å². The van der Waals surface area contributed by atoms with E-state index < -0.39 is 5.97 Å². The molecule has 0 aliphatic carbocycles. The number of carboxylic acids is 1. The van der Waals surface area contributed by atoms with E-state index in [1.54, 1.807) is 24.3 Å². The van der Waals surface area contributed by atoms with E-state index in [1.807, 2.05) is 6.92 Å². The first-order valence-corrected chi connectivity index (χ1v) is 7.01. The highest BCUT2D eigenvalue weighted by molar-refractivity contribution is 6.30. The molecule has 3 N–H and O–H groups in total. The molecular formula is C14H19ClN2O4. The number of rotatable bonds is 8. The van der Waals surface area contributed by atoms with Gasteiger partial charge in [-0.3, -0.25) is 4.79 Å². The Bertz CT molecular complexity index is 465. The number of hydrogen-bond donors (Lipinski definition) is 3. The van der Waals surface area contributed by atoms with E-state index in [4.69, 9.17) is 21.4 Å². The predicted octanol–water partition coefficient (Wildman–Crippen LogP) is 2.27. The van der Waals surface area contributed by atoms with E-state index in [0.29, 0.717) is 30.3 Å². The Morgan fingerprint density at radius 1 is 1.29 bits per heavy atom. The van der Waals surface area contributed by atoms with Crippen LogP contribution in [0.4, 0.5) is 4.79 Å². The Morgan fingerprint density at radius 3 is 2.57 bits per heavy atom. The maximum Gasteiger partial charge on any atom is 0.314 e. The molecule has 2 amide bonds. The molecule has 1 atom stereocenters. The van der Waals surface area contributed by atoms with E-state index in [9.17, 15) is 9.59 Å². The van der Waals surface area contributed by atoms with E-state index in [-0.39, 0.29) is 18.6 Å². The van der Waals surface area contributed by atoms with E-state index in [1.165, 1.54) is 0 Å². The first kappa shape index (κ1) is 17.1. The summed E-state index contributed by atoms with van der Waals surface area (Å²) in [5, 5.41) is 14.3. The summed E-state index contributed by atoms with van der Waals surface area (Å²) in [6, 6.07) is 6.63. The minimum absolute atomic E-state index is 0.0381. The normalized spacial score (nSPS) is 11.5. The van der Waals surface area contributed by atoms with Crippen LogP contribution in [-0.4, -0.2) is 36.3 Å². The number of carboxylic acid groups (broad SMARTS) is 1. The van der Waals surface area contributed by atoms with Gasteiger partial charge < -0.3 is 20.5 Å². The van der Waals surface area contributed by atoms with Crippen LogP contribution in [0.3, 0.4) is 0 Å². The second-order valence-corrected chi connectivity index (χ2v) is 4.95. The molecule has 0 aliphatic heterocycles. The molecule has 21 heavy (non-hydrogen) atoms. The number of amides is 2. The number of benzene rings is 1. The molecule has 0 heterocycles. The first-order valence-electron chi connectivity index (χ1n) is 6.63. The molecule has 0 saturated carbocycles. The van der Waals surface area contributed by atoms with Crippen molar-refractivity contribution >= 4 is 23.6 Å². The SMILES string of the molecule is C[C@@H](CNC(=O)NCCCC(=O)O)Oc1ccc(Cl)cc1. The zero-order valence-corrected chi connectivity index (χ0v) is 12.5. The lowest BCUT2D eigenvalue weighted by Gasteiger charge is -2.15. The quantitative estimate of drug-likeness (QED) is 0.642. The smallest absolute Gasteiger partial charge is 0.314 e. The molecule has 7 heteroatoms. The lowest BCUT2D eigenvalue weighted by Crippen LogP contribution is -2.40. The molecule has 116 valence electrons. The van der Waals surface area contributed by atoms with Gasteiger partial charge in [0, 0.05) is 18.0 Å². The molecular weight excluding hydrogens is 296 g/mol. The van der Waals surface area contributed by atoms with E-state index in [2.05, 4.69) is 10.6 Å². The number of carbonyl (C=O) groups is 2. The fourth-order valence-electron chi connectivity index (χ4n) is 1.53. The van der Waals surface area contributed by atoms with Crippen molar-refractivity contribution in [1.29, 1.82) is 0 Å². The molecule has 0 saturated heterocycles. The Kier molecular flexibility index (Phi) is 7.39. The maximum absolute atomic E-state index is 11.4. The van der Waals surface area contributed by atoms with Gasteiger partial charge in [0.25, 0.3) is 0 Å². The molecule has 1 aromatic rings. The standard InChI is InChI=1S/C14H19ClN2O4/c1-10(21-12-6-4-11(15)5-7-12)9-17-14(20)16-8-2-3-13(18)19/h4-7,10H,2-3,8-9H2,1H3,(H,18,19)(H2,16,17,20)/t10-/m0/s1. The minimum atomic E-state index is -0.873. The molecule has 0 aromatic heterocycles. The van der Waals surface area contributed by atoms with Gasteiger partial charge in [-0.15, -0.1) is 0 Å². The van der Waals surface area contributed by atoms with Crippen LogP contribution in [0.1, 0.15) is 19.8 Å². The number of aliphatic carboxylic acids is 1. The van der Waals surface area contributed by atoms with Gasteiger partial charge in [0.2, 0.25) is 0 Å². The first-order chi connectivity index (χ1) is 9.97. The molecule has 0 aliphatic rings. The summed E-state index contributed by atoms with van der Waals surface area (Å²) < 4.78 is 5.60. The van der Waals surface area contributed by atoms with Crippen LogP contribution in [0.15, 0.2) is 24.3 Å². The Morgan fingerprint density at radius 2 is 1.95 bits per heavy atom. The molecule has 0 radical (unpaired) electrons. The van der Waals surface area contributed by atoms with E-state index >= 15 is 0 Å². The fourth-order valence-corrected chi connectivity index (χ4v) is 1.65. The topological polar surface area (TPSA) is 87.7 Å². The van der Waals surface area contributed by atoms with Gasteiger partial charge in [0.15, 0.2) is 0 Å². The third-order valence-electron chi connectivity index (χ3n) is 2.55. The average Bonchev–Trinajstić information content (AvgIpc) is 2.44. The Balaban J connectivity index is 2.17. The zero-order chi connectivity index (χ0) is 15.7. The van der Waals surface area contributed by atoms with Crippen molar-refractivity contribution in [3.05, 3.63) is 29.3 Å². The monoisotopic (exact) mass is 314 g/mol. The van der Waals surface area contributed by atoms with Crippen LogP contribution in [0.25, 0.3) is 0 Å². The Labute approximate surface area is 128 Å². The summed E-state index contributed by atoms with van der Waals surface area (Å²) in [5.41, 5.74) is 0. The van der Waals surface area contributed by atoms with Gasteiger partial charge in [-0.2, -0.15) is 0 Å². The highest BCUT2D eigenvalue weighted by Crippen LogP contribution is 2.16. The molecule has 1 rings (SSSR count). The molecule has 0 bridgehead atoms. The second kappa shape index (κ2) is 9.07. The van der Waals surface area contributed by atoms with Gasteiger partial charge in [-0.1, -0.05) is 11.6 Å². The van der Waals surface area contributed by atoms with Crippen LogP contribution < -0.4 is 15.4 Å². The number of halogens is 1. The summed E-state index contributed by atoms with van der Waals surface area (Å²) in [6.07, 6.45) is 0.242. The summed E-state index contributed by atoms with van der Waals surface area (Å²) >= 11 is 5.77. The highest BCUT2D eigenvalue weighted by Gasteiger charge is 2.07. The average molecular weight is 315 g/mol. The van der Waals surface area contributed by atoms with Crippen LogP contribution in [-0.2, 0) is 4.79 Å². The molecule has 0 fully saturated rings. The van der Waals surface area contributed by atoms with Crippen molar-refractivity contribution in [2.45, 2.75) is 25.9 Å². The minimum Gasteiger partial charge on any atom is -0.489 e. The number of urea groups is 1. The van der Waals surface area contributed by atoms with Crippen molar-refractivity contribution < 1.29 is 19.4 Å². The number of nitrogens with one attached hydrogen (secondary N) is 2. The number of hydrogen-bond acceptors (Lipinski definition) is 3. The fraction of sp³-hybridized carbons (Fsp3) is 0.429. The third kappa shape index (κ3) is 8.04. The number of carbonyl (C=O) groups excluding carboxylic acids is 1. The van der Waals surface area contributed by atoms with Gasteiger partial charge in [0.05, 0.1) is 6.54 Å². The van der Waals surface area contributed by atoms with Crippen molar-refractivity contribution in [3.8, 4) is 5.75 Å². The summed E-state index contributed by atoms with van der Waals surface area (Å²) in [6.45, 7) is 2.50. The summed E-state index contributed by atoms with van der Waals surface area (Å²) in [5.74, 6) is -0.197.